The van der Waals surface area contributed by atoms with Crippen LogP contribution in [0.1, 0.15) is 10.6 Å². The van der Waals surface area contributed by atoms with Crippen molar-refractivity contribution in [1.82, 2.24) is 4.98 Å². The Labute approximate surface area is 89.7 Å². The van der Waals surface area contributed by atoms with Crippen LogP contribution in [0.25, 0.3) is 9.88 Å². The van der Waals surface area contributed by atoms with Gasteiger partial charge in [-0.1, -0.05) is 6.07 Å². The van der Waals surface area contributed by atoms with E-state index in [-0.39, 0.29) is 5.84 Å². The van der Waals surface area contributed by atoms with Crippen LogP contribution in [0, 0.1) is 12.3 Å². The van der Waals surface area contributed by atoms with E-state index in [2.05, 4.69) is 4.98 Å². The minimum Gasteiger partial charge on any atom is -0.383 e. The molecule has 0 atom stereocenters. The second-order valence-corrected chi connectivity index (χ2v) is 4.77. The van der Waals surface area contributed by atoms with Crippen molar-refractivity contribution >= 4 is 28.5 Å². The first-order valence-corrected chi connectivity index (χ1v) is 5.74. The fraction of sp³-hybridized carbons (Fsp3) is 0.111. The maximum absolute atomic E-state index is 7.37. The predicted octanol–water partition coefficient (Wildman–Crippen LogP) is 2.46. The Morgan fingerprint density at radius 1 is 1.57 bits per heavy atom. The molecule has 0 aliphatic heterocycles. The zero-order valence-electron chi connectivity index (χ0n) is 7.57. The Hall–Kier alpha value is -1.20. The lowest BCUT2D eigenvalue weighted by Gasteiger charge is -1.89. The average molecular weight is 223 g/mol. The van der Waals surface area contributed by atoms with Crippen LogP contribution < -0.4 is 5.73 Å². The lowest BCUT2D eigenvalue weighted by molar-refractivity contribution is 1.25. The molecule has 2 aromatic rings. The van der Waals surface area contributed by atoms with E-state index in [1.165, 1.54) is 11.3 Å². The van der Waals surface area contributed by atoms with E-state index in [1.54, 1.807) is 11.3 Å². The lowest BCUT2D eigenvalue weighted by Crippen LogP contribution is -2.10. The molecule has 3 nitrogen and oxygen atoms in total. The Kier molecular flexibility index (Phi) is 2.35. The van der Waals surface area contributed by atoms with Crippen LogP contribution in [-0.2, 0) is 0 Å². The van der Waals surface area contributed by atoms with Gasteiger partial charge >= 0.3 is 0 Å². The second-order valence-electron chi connectivity index (χ2n) is 2.82. The van der Waals surface area contributed by atoms with Gasteiger partial charge in [0.1, 0.15) is 10.8 Å². The van der Waals surface area contributed by atoms with Gasteiger partial charge in [0.2, 0.25) is 0 Å². The third-order valence-electron chi connectivity index (χ3n) is 1.77. The van der Waals surface area contributed by atoms with Gasteiger partial charge in [-0.15, -0.1) is 22.7 Å². The predicted molar refractivity (Wildman–Crippen MR) is 61.2 cm³/mol. The molecule has 0 fully saturated rings. The molecular formula is C9H9N3S2. The van der Waals surface area contributed by atoms with Crippen molar-refractivity contribution < 1.29 is 0 Å². The molecule has 0 aliphatic carbocycles. The maximum atomic E-state index is 7.37. The van der Waals surface area contributed by atoms with Crippen molar-refractivity contribution in [3.63, 3.8) is 0 Å². The average Bonchev–Trinajstić information content (AvgIpc) is 2.70. The van der Waals surface area contributed by atoms with E-state index >= 15 is 0 Å². The molecular weight excluding hydrogens is 214 g/mol. The van der Waals surface area contributed by atoms with E-state index in [4.69, 9.17) is 11.1 Å². The van der Waals surface area contributed by atoms with Gasteiger partial charge < -0.3 is 5.73 Å². The summed E-state index contributed by atoms with van der Waals surface area (Å²) in [6.07, 6.45) is 0. The minimum absolute atomic E-state index is 0.0998. The Bertz CT molecular complexity index is 456. The zero-order chi connectivity index (χ0) is 10.1. The standard InChI is InChI=1S/C9H9N3S2/c1-5-7(8(10)11)14-9(12-5)6-3-2-4-13-6/h2-4H,1H3,(H3,10,11). The highest BCUT2D eigenvalue weighted by molar-refractivity contribution is 7.22. The van der Waals surface area contributed by atoms with Gasteiger partial charge in [0.15, 0.2) is 0 Å². The highest BCUT2D eigenvalue weighted by atomic mass is 32.1. The molecule has 72 valence electrons. The molecule has 2 rings (SSSR count). The first-order valence-electron chi connectivity index (χ1n) is 4.04. The summed E-state index contributed by atoms with van der Waals surface area (Å²) in [5.41, 5.74) is 6.28. The summed E-state index contributed by atoms with van der Waals surface area (Å²) >= 11 is 3.12. The van der Waals surface area contributed by atoms with Crippen LogP contribution in [0.3, 0.4) is 0 Å². The van der Waals surface area contributed by atoms with Crippen LogP contribution in [-0.4, -0.2) is 10.8 Å². The summed E-state index contributed by atoms with van der Waals surface area (Å²) in [4.78, 5) is 6.28. The van der Waals surface area contributed by atoms with Gasteiger partial charge in [-0.3, -0.25) is 5.41 Å². The molecule has 5 heteroatoms. The van der Waals surface area contributed by atoms with Crippen LogP contribution in [0.2, 0.25) is 0 Å². The van der Waals surface area contributed by atoms with Gasteiger partial charge in [0, 0.05) is 0 Å². The topological polar surface area (TPSA) is 62.8 Å². The highest BCUT2D eigenvalue weighted by Gasteiger charge is 2.11. The molecule has 0 bridgehead atoms. The van der Waals surface area contributed by atoms with E-state index in [0.29, 0.717) is 0 Å². The number of hydrogen-bond acceptors (Lipinski definition) is 4. The summed E-state index contributed by atoms with van der Waals surface area (Å²) < 4.78 is 0. The molecule has 0 saturated carbocycles. The third kappa shape index (κ3) is 1.56. The lowest BCUT2D eigenvalue weighted by atomic mass is 10.4. The molecule has 0 radical (unpaired) electrons. The fourth-order valence-electron chi connectivity index (χ4n) is 1.15. The largest absolute Gasteiger partial charge is 0.383 e. The number of thiazole rings is 1. The van der Waals surface area contributed by atoms with Crippen molar-refractivity contribution in [2.75, 3.05) is 0 Å². The van der Waals surface area contributed by atoms with Gasteiger partial charge in [-0.2, -0.15) is 0 Å². The molecule has 0 aromatic carbocycles. The van der Waals surface area contributed by atoms with Gasteiger partial charge in [-0.05, 0) is 18.4 Å². The monoisotopic (exact) mass is 223 g/mol. The number of hydrogen-bond donors (Lipinski definition) is 2. The minimum atomic E-state index is 0.0998. The maximum Gasteiger partial charge on any atom is 0.135 e. The molecule has 0 spiro atoms. The molecule has 2 aromatic heterocycles. The van der Waals surface area contributed by atoms with E-state index in [1.807, 2.05) is 24.4 Å². The SMILES string of the molecule is Cc1nc(-c2cccs2)sc1C(=N)N. The van der Waals surface area contributed by atoms with Gasteiger partial charge in [-0.25, -0.2) is 4.98 Å². The third-order valence-corrected chi connectivity index (χ3v) is 4.00. The first-order chi connectivity index (χ1) is 6.68. The molecule has 0 amide bonds. The Morgan fingerprint density at radius 2 is 2.36 bits per heavy atom. The highest BCUT2D eigenvalue weighted by Crippen LogP contribution is 2.30. The zero-order valence-corrected chi connectivity index (χ0v) is 9.21. The number of nitrogens with zero attached hydrogens (tertiary/aromatic N) is 1. The second kappa shape index (κ2) is 3.51. The Morgan fingerprint density at radius 3 is 2.86 bits per heavy atom. The summed E-state index contributed by atoms with van der Waals surface area (Å²) in [5.74, 6) is 0.0998. The fourth-order valence-corrected chi connectivity index (χ4v) is 2.88. The first kappa shape index (κ1) is 9.36. The number of rotatable bonds is 2. The van der Waals surface area contributed by atoms with Crippen molar-refractivity contribution in [3.05, 3.63) is 28.1 Å². The number of aromatic nitrogens is 1. The molecule has 0 aliphatic rings. The summed E-state index contributed by atoms with van der Waals surface area (Å²) in [5, 5.41) is 10.3. The number of thiophene rings is 1. The van der Waals surface area contributed by atoms with E-state index < -0.39 is 0 Å². The summed E-state index contributed by atoms with van der Waals surface area (Å²) in [6.45, 7) is 1.88. The van der Waals surface area contributed by atoms with E-state index in [0.717, 1.165) is 20.5 Å². The van der Waals surface area contributed by atoms with Crippen molar-refractivity contribution in [2.24, 2.45) is 5.73 Å². The molecule has 2 heterocycles. The van der Waals surface area contributed by atoms with Crippen molar-refractivity contribution in [3.8, 4) is 9.88 Å². The molecule has 3 N–H and O–H groups in total. The Balaban J connectivity index is 2.48. The summed E-state index contributed by atoms with van der Waals surface area (Å²) in [6, 6.07) is 4.01. The van der Waals surface area contributed by atoms with Crippen molar-refractivity contribution in [1.29, 1.82) is 5.41 Å². The number of nitrogen functional groups attached to an aromatic ring is 1. The quantitative estimate of drug-likeness (QED) is 0.607. The van der Waals surface area contributed by atoms with Crippen LogP contribution in [0.15, 0.2) is 17.5 Å². The van der Waals surface area contributed by atoms with E-state index in [9.17, 15) is 0 Å². The molecule has 0 saturated heterocycles. The molecule has 14 heavy (non-hydrogen) atoms. The summed E-state index contributed by atoms with van der Waals surface area (Å²) in [7, 11) is 0. The molecule has 0 unspecified atom stereocenters. The number of nitrogens with one attached hydrogen (secondary N) is 1. The van der Waals surface area contributed by atoms with Crippen LogP contribution >= 0.6 is 22.7 Å². The number of nitrogens with two attached hydrogens (primary N) is 1. The number of amidine groups is 1. The van der Waals surface area contributed by atoms with Crippen molar-refractivity contribution in [2.45, 2.75) is 6.92 Å². The smallest absolute Gasteiger partial charge is 0.135 e. The number of aryl methyl sites for hydroxylation is 1. The van der Waals surface area contributed by atoms with Gasteiger partial charge in [0.05, 0.1) is 15.4 Å². The van der Waals surface area contributed by atoms with Crippen LogP contribution in [0.5, 0.6) is 0 Å². The van der Waals surface area contributed by atoms with Gasteiger partial charge in [0.25, 0.3) is 0 Å². The normalized spacial score (nSPS) is 10.4. The van der Waals surface area contributed by atoms with Crippen LogP contribution in [0.4, 0.5) is 0 Å².